The number of aliphatic hydroxyl groups excluding tert-OH is 1. The topological polar surface area (TPSA) is 113 Å². The summed E-state index contributed by atoms with van der Waals surface area (Å²) in [5, 5.41) is 29.8. The molecular formula is C34H26FN3O5S2. The number of Topliss-reactive ketones (excluding diaryl/α,β-unsaturated/α-hetero) is 1. The van der Waals surface area contributed by atoms with Crippen LogP contribution in [0.3, 0.4) is 0 Å². The van der Waals surface area contributed by atoms with Crippen molar-refractivity contribution in [2.45, 2.75) is 29.7 Å². The van der Waals surface area contributed by atoms with Crippen LogP contribution in [0.5, 0.6) is 11.5 Å². The Bertz CT molecular complexity index is 1910. The molecule has 1 fully saturated rings. The monoisotopic (exact) mass is 639 g/mol. The van der Waals surface area contributed by atoms with E-state index in [9.17, 15) is 24.2 Å². The molecule has 0 saturated carbocycles. The number of carbonyl (C=O) groups excluding carboxylic acids is 2. The lowest BCUT2D eigenvalue weighted by Gasteiger charge is -2.22. The van der Waals surface area contributed by atoms with E-state index < -0.39 is 17.7 Å². The molecule has 1 aromatic heterocycles. The van der Waals surface area contributed by atoms with E-state index >= 15 is 0 Å². The van der Waals surface area contributed by atoms with Crippen LogP contribution in [0.25, 0.3) is 5.76 Å². The van der Waals surface area contributed by atoms with Crippen molar-refractivity contribution in [3.05, 3.63) is 136 Å². The lowest BCUT2D eigenvalue weighted by molar-refractivity contribution is -0.132. The van der Waals surface area contributed by atoms with E-state index in [-0.39, 0.29) is 28.0 Å². The normalized spacial score (nSPS) is 15.9. The summed E-state index contributed by atoms with van der Waals surface area (Å²) in [4.78, 5) is 28.2. The van der Waals surface area contributed by atoms with E-state index in [2.05, 4.69) is 10.2 Å². The van der Waals surface area contributed by atoms with Crippen molar-refractivity contribution < 1.29 is 28.9 Å². The molecule has 1 atom stereocenters. The highest BCUT2D eigenvalue weighted by Gasteiger charge is 2.48. The van der Waals surface area contributed by atoms with Crippen LogP contribution in [0.1, 0.15) is 33.9 Å². The lowest BCUT2D eigenvalue weighted by atomic mass is 9.95. The Balaban J connectivity index is 1.30. The maximum Gasteiger partial charge on any atom is 0.301 e. The summed E-state index contributed by atoms with van der Waals surface area (Å²) in [6.45, 7) is 2.37. The fourth-order valence-corrected chi connectivity index (χ4v) is 6.77. The van der Waals surface area contributed by atoms with Crippen LogP contribution in [-0.2, 0) is 21.9 Å². The fraction of sp³-hybridized carbons (Fsp3) is 0.118. The van der Waals surface area contributed by atoms with E-state index in [1.807, 2.05) is 31.2 Å². The molecule has 5 aromatic rings. The Labute approximate surface area is 266 Å². The third kappa shape index (κ3) is 6.31. The third-order valence-corrected chi connectivity index (χ3v) is 9.45. The molecule has 4 aromatic carbocycles. The van der Waals surface area contributed by atoms with Crippen LogP contribution in [-0.4, -0.2) is 32.1 Å². The summed E-state index contributed by atoms with van der Waals surface area (Å²) in [5.74, 6) is -1.60. The van der Waals surface area contributed by atoms with Crippen molar-refractivity contribution in [3.63, 3.8) is 0 Å². The number of hydrogen-bond acceptors (Lipinski definition) is 9. The average Bonchev–Trinajstić information content (AvgIpc) is 3.62. The molecule has 1 saturated heterocycles. The van der Waals surface area contributed by atoms with Gasteiger partial charge in [0.15, 0.2) is 4.34 Å². The van der Waals surface area contributed by atoms with E-state index in [0.717, 1.165) is 22.5 Å². The fourth-order valence-electron chi connectivity index (χ4n) is 4.91. The molecule has 1 unspecified atom stereocenters. The number of aromatic nitrogens is 2. The lowest BCUT2D eigenvalue weighted by Crippen LogP contribution is -2.29. The first-order chi connectivity index (χ1) is 21.8. The van der Waals surface area contributed by atoms with Gasteiger partial charge in [0.1, 0.15) is 29.7 Å². The van der Waals surface area contributed by atoms with Gasteiger partial charge in [-0.25, -0.2) is 4.39 Å². The molecule has 1 aliphatic heterocycles. The Morgan fingerprint density at radius 3 is 2.33 bits per heavy atom. The molecule has 45 heavy (non-hydrogen) atoms. The zero-order chi connectivity index (χ0) is 31.5. The molecule has 0 spiro atoms. The van der Waals surface area contributed by atoms with Gasteiger partial charge in [0.2, 0.25) is 5.13 Å². The van der Waals surface area contributed by atoms with Gasteiger partial charge in [-0.3, -0.25) is 14.5 Å². The maximum atomic E-state index is 14.1. The summed E-state index contributed by atoms with van der Waals surface area (Å²) in [5.41, 5.74) is 3.31. The first-order valence-electron chi connectivity index (χ1n) is 13.9. The Kier molecular flexibility index (Phi) is 8.63. The molecule has 8 nitrogen and oxygen atoms in total. The van der Waals surface area contributed by atoms with Gasteiger partial charge < -0.3 is 14.9 Å². The molecule has 11 heteroatoms. The van der Waals surface area contributed by atoms with Crippen molar-refractivity contribution in [3.8, 4) is 11.5 Å². The predicted molar refractivity (Wildman–Crippen MR) is 171 cm³/mol. The van der Waals surface area contributed by atoms with Gasteiger partial charge >= 0.3 is 5.91 Å². The summed E-state index contributed by atoms with van der Waals surface area (Å²) >= 11 is 2.33. The second-order valence-corrected chi connectivity index (χ2v) is 12.4. The quantitative estimate of drug-likeness (QED) is 0.0573. The zero-order valence-corrected chi connectivity index (χ0v) is 25.5. The number of carbonyl (C=O) groups is 2. The number of rotatable bonds is 9. The predicted octanol–water partition coefficient (Wildman–Crippen LogP) is 7.19. The van der Waals surface area contributed by atoms with Gasteiger partial charge in [0.05, 0.1) is 11.6 Å². The number of halogens is 1. The SMILES string of the molecule is Cc1ccccc1COc1ccc(C(O)=C2C(=O)C(=O)N(c3nnc(SCc4ccccc4F)s3)C2c2ccc(O)cc2)cc1. The summed E-state index contributed by atoms with van der Waals surface area (Å²) < 4.78 is 20.5. The molecule has 1 amide bonds. The van der Waals surface area contributed by atoms with Crippen molar-refractivity contribution in [1.29, 1.82) is 0 Å². The highest BCUT2D eigenvalue weighted by molar-refractivity contribution is 8.00. The van der Waals surface area contributed by atoms with E-state index in [4.69, 9.17) is 4.74 Å². The molecular weight excluding hydrogens is 614 g/mol. The molecule has 0 radical (unpaired) electrons. The molecule has 0 bridgehead atoms. The van der Waals surface area contributed by atoms with Crippen LogP contribution in [0.4, 0.5) is 9.52 Å². The van der Waals surface area contributed by atoms with Crippen LogP contribution >= 0.6 is 23.1 Å². The number of ketones is 1. The first-order valence-corrected chi connectivity index (χ1v) is 15.7. The third-order valence-electron chi connectivity index (χ3n) is 7.35. The van der Waals surface area contributed by atoms with Gasteiger partial charge in [-0.15, -0.1) is 10.2 Å². The van der Waals surface area contributed by atoms with Crippen molar-refractivity contribution in [1.82, 2.24) is 10.2 Å². The van der Waals surface area contributed by atoms with E-state index in [1.165, 1.54) is 34.9 Å². The number of phenolic OH excluding ortho intramolecular Hbond substituents is 1. The smallest absolute Gasteiger partial charge is 0.301 e. The van der Waals surface area contributed by atoms with Crippen molar-refractivity contribution in [2.24, 2.45) is 0 Å². The highest BCUT2D eigenvalue weighted by atomic mass is 32.2. The Morgan fingerprint density at radius 2 is 1.62 bits per heavy atom. The number of anilines is 1. The molecule has 6 rings (SSSR count). The minimum Gasteiger partial charge on any atom is -0.508 e. The molecule has 0 aliphatic carbocycles. The molecule has 226 valence electrons. The standard InChI is InChI=1S/C34H26FN3O5S2/c1-20-6-2-3-7-23(20)18-43-26-16-12-22(13-17-26)30(40)28-29(21-10-14-25(39)15-11-21)38(32(42)31(28)41)33-36-37-34(45-33)44-19-24-8-4-5-9-27(24)35/h2-17,29,39-40H,18-19H2,1H3. The molecule has 2 N–H and O–H groups in total. The minimum absolute atomic E-state index is 0.000248. The second-order valence-electron chi connectivity index (χ2n) is 10.2. The Morgan fingerprint density at radius 1 is 0.933 bits per heavy atom. The zero-order valence-electron chi connectivity index (χ0n) is 23.9. The van der Waals surface area contributed by atoms with E-state index in [0.29, 0.717) is 39.1 Å². The van der Waals surface area contributed by atoms with Gasteiger partial charge in [0.25, 0.3) is 5.78 Å². The Hall–Kier alpha value is -5.00. The number of aryl methyl sites for hydroxylation is 1. The number of aliphatic hydroxyl groups is 1. The van der Waals surface area contributed by atoms with Gasteiger partial charge in [-0.1, -0.05) is 77.7 Å². The summed E-state index contributed by atoms with van der Waals surface area (Å²) in [6, 6.07) is 25.9. The van der Waals surface area contributed by atoms with Crippen LogP contribution in [0, 0.1) is 12.7 Å². The highest BCUT2D eigenvalue weighted by Crippen LogP contribution is 2.44. The van der Waals surface area contributed by atoms with Gasteiger partial charge in [-0.05, 0) is 71.6 Å². The minimum atomic E-state index is -1.04. The number of ether oxygens (including phenoxy) is 1. The number of phenols is 1. The van der Waals surface area contributed by atoms with Crippen LogP contribution in [0.15, 0.2) is 107 Å². The number of nitrogens with zero attached hydrogens (tertiary/aromatic N) is 3. The summed E-state index contributed by atoms with van der Waals surface area (Å²) in [7, 11) is 0. The largest absolute Gasteiger partial charge is 0.508 e. The second kappa shape index (κ2) is 12.9. The molecule has 2 heterocycles. The van der Waals surface area contributed by atoms with E-state index in [1.54, 1.807) is 54.6 Å². The van der Waals surface area contributed by atoms with Crippen molar-refractivity contribution >= 4 is 45.7 Å². The average molecular weight is 640 g/mol. The molecule has 1 aliphatic rings. The first kappa shape index (κ1) is 30.0. The number of amides is 1. The van der Waals surface area contributed by atoms with Crippen LogP contribution < -0.4 is 9.64 Å². The maximum absolute atomic E-state index is 14.1. The number of thioether (sulfide) groups is 1. The number of hydrogen-bond donors (Lipinski definition) is 2. The van der Waals surface area contributed by atoms with Gasteiger partial charge in [-0.2, -0.15) is 0 Å². The number of benzene rings is 4. The number of aromatic hydroxyl groups is 1. The van der Waals surface area contributed by atoms with Gasteiger partial charge in [0, 0.05) is 11.3 Å². The van der Waals surface area contributed by atoms with Crippen LogP contribution in [0.2, 0.25) is 0 Å². The van der Waals surface area contributed by atoms with Crippen molar-refractivity contribution in [2.75, 3.05) is 4.90 Å². The summed E-state index contributed by atoms with van der Waals surface area (Å²) in [6.07, 6.45) is 0.